The number of benzene rings is 1. The first-order valence-electron chi connectivity index (χ1n) is 9.74. The van der Waals surface area contributed by atoms with Gasteiger partial charge in [0.25, 0.3) is 5.56 Å². The molecule has 0 amide bonds. The first kappa shape index (κ1) is 23.7. The minimum absolute atomic E-state index is 0.0127. The van der Waals surface area contributed by atoms with Crippen molar-refractivity contribution in [1.29, 1.82) is 0 Å². The van der Waals surface area contributed by atoms with Crippen molar-refractivity contribution < 1.29 is 24.0 Å². The first-order chi connectivity index (χ1) is 16.1. The van der Waals surface area contributed by atoms with Crippen LogP contribution in [0, 0.1) is 10.1 Å². The molecule has 1 N–H and O–H groups in total. The molecule has 0 saturated heterocycles. The maximum atomic E-state index is 13.2. The number of phenols is 1. The Balaban J connectivity index is 1.96. The molecule has 1 aliphatic heterocycles. The number of allylic oxidation sites excluding steroid dienone is 1. The minimum Gasteiger partial charge on any atom is -0.506 e. The fourth-order valence-corrected chi connectivity index (χ4v) is 4.99. The number of rotatable bonds is 5. The summed E-state index contributed by atoms with van der Waals surface area (Å²) in [5.41, 5.74) is -0.0258. The van der Waals surface area contributed by atoms with Gasteiger partial charge in [-0.15, -0.1) is 0 Å². The molecule has 3 heterocycles. The van der Waals surface area contributed by atoms with Crippen LogP contribution in [-0.4, -0.2) is 27.2 Å². The number of carbonyl (C=O) groups is 1. The molecule has 2 aromatic heterocycles. The molecule has 176 valence electrons. The highest BCUT2D eigenvalue weighted by Crippen LogP contribution is 2.35. The molecule has 13 heteroatoms. The van der Waals surface area contributed by atoms with Crippen molar-refractivity contribution in [2.75, 3.05) is 6.61 Å². The van der Waals surface area contributed by atoms with Gasteiger partial charge in [-0.05, 0) is 38.1 Å². The molecule has 1 aromatic carbocycles. The lowest BCUT2D eigenvalue weighted by molar-refractivity contribution is -0.402. The summed E-state index contributed by atoms with van der Waals surface area (Å²) in [6, 6.07) is 4.25. The number of ether oxygens (including phenoxy) is 1. The summed E-state index contributed by atoms with van der Waals surface area (Å²) in [5, 5.41) is 21.6. The summed E-state index contributed by atoms with van der Waals surface area (Å²) < 4.78 is 11.9. The van der Waals surface area contributed by atoms with Gasteiger partial charge >= 0.3 is 11.9 Å². The fraction of sp³-hybridized carbons (Fsp3) is 0.190. The Hall–Kier alpha value is -3.41. The van der Waals surface area contributed by atoms with Crippen LogP contribution < -0.4 is 14.9 Å². The molecule has 1 atom stereocenters. The van der Waals surface area contributed by atoms with Crippen LogP contribution in [0.5, 0.6) is 5.75 Å². The maximum Gasteiger partial charge on any atom is 0.433 e. The van der Waals surface area contributed by atoms with Gasteiger partial charge in [-0.3, -0.25) is 19.5 Å². The zero-order valence-corrected chi connectivity index (χ0v) is 19.9. The number of phenolic OH excluding ortho intramolecular Hbond substituents is 1. The highest BCUT2D eigenvalue weighted by Gasteiger charge is 2.34. The topological polar surface area (TPSA) is 137 Å². The zero-order valence-electron chi connectivity index (χ0n) is 17.6. The van der Waals surface area contributed by atoms with Gasteiger partial charge in [0.1, 0.15) is 22.5 Å². The lowest BCUT2D eigenvalue weighted by Gasteiger charge is -2.20. The van der Waals surface area contributed by atoms with Crippen LogP contribution in [-0.2, 0) is 9.53 Å². The van der Waals surface area contributed by atoms with E-state index in [2.05, 4.69) is 4.99 Å². The molecule has 3 aromatic rings. The van der Waals surface area contributed by atoms with Gasteiger partial charge in [0.05, 0.1) is 27.8 Å². The molecule has 0 unspecified atom stereocenters. The molecular formula is C21H15Cl2N3O7S. The molecule has 4 rings (SSSR count). The van der Waals surface area contributed by atoms with Gasteiger partial charge in [-0.1, -0.05) is 34.5 Å². The number of hydrogen-bond acceptors (Lipinski definition) is 9. The van der Waals surface area contributed by atoms with E-state index in [0.717, 1.165) is 17.4 Å². The second-order valence-corrected chi connectivity index (χ2v) is 8.90. The second kappa shape index (κ2) is 9.09. The average molecular weight is 524 g/mol. The van der Waals surface area contributed by atoms with Crippen LogP contribution in [0.2, 0.25) is 10.0 Å². The van der Waals surface area contributed by atoms with Crippen LogP contribution >= 0.6 is 34.5 Å². The fourth-order valence-electron chi connectivity index (χ4n) is 3.45. The quantitative estimate of drug-likeness (QED) is 0.307. The number of aromatic nitrogens is 1. The highest BCUT2D eigenvalue weighted by atomic mass is 35.5. The van der Waals surface area contributed by atoms with Gasteiger partial charge in [-0.25, -0.2) is 9.79 Å². The summed E-state index contributed by atoms with van der Waals surface area (Å²) in [6.07, 6.45) is 1.41. The molecule has 0 aliphatic carbocycles. The smallest absolute Gasteiger partial charge is 0.433 e. The minimum atomic E-state index is -1.06. The molecule has 1 aliphatic rings. The van der Waals surface area contributed by atoms with Crippen molar-refractivity contribution in [2.24, 2.45) is 4.99 Å². The molecule has 0 saturated carbocycles. The van der Waals surface area contributed by atoms with Gasteiger partial charge < -0.3 is 14.3 Å². The van der Waals surface area contributed by atoms with Crippen molar-refractivity contribution in [3.05, 3.63) is 81.0 Å². The Morgan fingerprint density at radius 3 is 2.79 bits per heavy atom. The van der Waals surface area contributed by atoms with E-state index in [1.165, 1.54) is 28.8 Å². The van der Waals surface area contributed by atoms with Gasteiger partial charge in [0.15, 0.2) is 4.80 Å². The van der Waals surface area contributed by atoms with Crippen LogP contribution in [0.4, 0.5) is 5.88 Å². The van der Waals surface area contributed by atoms with Crippen molar-refractivity contribution in [1.82, 2.24) is 4.57 Å². The summed E-state index contributed by atoms with van der Waals surface area (Å²) in [5.74, 6) is -1.45. The Labute approximate surface area is 204 Å². The van der Waals surface area contributed by atoms with E-state index in [1.54, 1.807) is 13.8 Å². The number of nitrogens with zero attached hydrogens (tertiary/aromatic N) is 3. The molecular weight excluding hydrogens is 509 g/mol. The Morgan fingerprint density at radius 2 is 2.15 bits per heavy atom. The Morgan fingerprint density at radius 1 is 1.41 bits per heavy atom. The second-order valence-electron chi connectivity index (χ2n) is 7.04. The predicted octanol–water partition coefficient (Wildman–Crippen LogP) is 3.42. The number of fused-ring (bicyclic) bond motifs is 1. The number of furan rings is 1. The van der Waals surface area contributed by atoms with Crippen LogP contribution in [0.15, 0.2) is 44.0 Å². The third-order valence-corrected chi connectivity index (χ3v) is 6.44. The largest absolute Gasteiger partial charge is 0.506 e. The molecule has 10 nitrogen and oxygen atoms in total. The average Bonchev–Trinajstić information content (AvgIpc) is 3.37. The summed E-state index contributed by atoms with van der Waals surface area (Å²) >= 11 is 13.0. The predicted molar refractivity (Wildman–Crippen MR) is 125 cm³/mol. The first-order valence-corrected chi connectivity index (χ1v) is 11.3. The van der Waals surface area contributed by atoms with Gasteiger partial charge in [-0.2, -0.15) is 0 Å². The van der Waals surface area contributed by atoms with E-state index < -0.39 is 28.4 Å². The van der Waals surface area contributed by atoms with E-state index in [4.69, 9.17) is 32.4 Å². The lowest BCUT2D eigenvalue weighted by Crippen LogP contribution is -2.35. The van der Waals surface area contributed by atoms with Gasteiger partial charge in [0.2, 0.25) is 0 Å². The maximum absolute atomic E-state index is 13.2. The number of nitro groups is 1. The summed E-state index contributed by atoms with van der Waals surface area (Å²) in [6.45, 7) is 3.23. The summed E-state index contributed by atoms with van der Waals surface area (Å²) in [4.78, 5) is 41.0. The van der Waals surface area contributed by atoms with Crippen LogP contribution in [0.25, 0.3) is 11.8 Å². The van der Waals surface area contributed by atoms with Crippen molar-refractivity contribution in [2.45, 2.75) is 19.9 Å². The number of esters is 1. The van der Waals surface area contributed by atoms with E-state index in [1.807, 2.05) is 0 Å². The van der Waals surface area contributed by atoms with Gasteiger partial charge in [0, 0.05) is 16.3 Å². The third-order valence-electron chi connectivity index (χ3n) is 4.95. The molecule has 34 heavy (non-hydrogen) atoms. The third kappa shape index (κ3) is 4.13. The number of hydrogen-bond donors (Lipinski definition) is 1. The number of aromatic hydroxyl groups is 1. The van der Waals surface area contributed by atoms with E-state index in [-0.39, 0.29) is 54.3 Å². The normalized spacial score (nSPS) is 15.8. The Bertz CT molecular complexity index is 1550. The molecule has 0 radical (unpaired) electrons. The molecule has 0 bridgehead atoms. The molecule has 0 fully saturated rings. The van der Waals surface area contributed by atoms with E-state index in [0.29, 0.717) is 0 Å². The summed E-state index contributed by atoms with van der Waals surface area (Å²) in [7, 11) is 0. The zero-order chi connectivity index (χ0) is 24.7. The molecule has 0 spiro atoms. The number of carbonyl (C=O) groups excluding carboxylic acids is 1. The number of halogens is 2. The SMILES string of the molecule is CCOC(=O)C1=C(C)n2c(s/c(=C\c3cc(Cl)cc(Cl)c3O)c2=O)=N[C@@H]1c1ccc([N+](=O)[O-])o1. The number of thiazole rings is 1. The lowest BCUT2D eigenvalue weighted by atomic mass is 10.0. The van der Waals surface area contributed by atoms with Crippen LogP contribution in [0.3, 0.4) is 0 Å². The van der Waals surface area contributed by atoms with Crippen molar-refractivity contribution >= 4 is 58.2 Å². The van der Waals surface area contributed by atoms with Crippen molar-refractivity contribution in [3.63, 3.8) is 0 Å². The van der Waals surface area contributed by atoms with Crippen LogP contribution in [0.1, 0.15) is 31.2 Å². The standard InChI is InChI=1S/C21H15Cl2N3O7S/c1-3-32-20(29)16-9(2)25-19(28)14(7-10-6-11(22)8-12(23)18(10)27)34-21(25)24-17(16)13-4-5-15(33-13)26(30)31/h4-8,17,27H,3H2,1-2H3/b14-7-/t17-/m1/s1. The van der Waals surface area contributed by atoms with E-state index >= 15 is 0 Å². The van der Waals surface area contributed by atoms with E-state index in [9.17, 15) is 24.8 Å². The van der Waals surface area contributed by atoms with Crippen molar-refractivity contribution in [3.8, 4) is 5.75 Å². The monoisotopic (exact) mass is 523 g/mol. The Kier molecular flexibility index (Phi) is 6.34. The highest BCUT2D eigenvalue weighted by molar-refractivity contribution is 7.07.